The third-order valence-electron chi connectivity index (χ3n) is 3.56. The van der Waals surface area contributed by atoms with Gasteiger partial charge in [0, 0.05) is 13.6 Å². The number of amides is 2. The van der Waals surface area contributed by atoms with Crippen LogP contribution in [0.15, 0.2) is 24.3 Å². The molecule has 2 amide bonds. The van der Waals surface area contributed by atoms with Crippen LogP contribution in [0.2, 0.25) is 0 Å². The fraction of sp³-hybridized carbons (Fsp3) is 0.429. The Morgan fingerprint density at radius 2 is 2.05 bits per heavy atom. The van der Waals surface area contributed by atoms with Crippen molar-refractivity contribution >= 4 is 11.8 Å². The predicted molar refractivity (Wildman–Crippen MR) is 71.2 cm³/mol. The van der Waals surface area contributed by atoms with Gasteiger partial charge in [0.2, 0.25) is 5.91 Å². The minimum absolute atomic E-state index is 0.00655. The summed E-state index contributed by atoms with van der Waals surface area (Å²) in [5.74, 6) is -1.58. The molecule has 0 unspecified atom stereocenters. The number of para-hydroxylation sites is 1. The zero-order chi connectivity index (χ0) is 16.5. The van der Waals surface area contributed by atoms with Gasteiger partial charge >= 0.3 is 6.18 Å². The van der Waals surface area contributed by atoms with Crippen molar-refractivity contribution in [1.29, 1.82) is 0 Å². The second-order valence-corrected chi connectivity index (χ2v) is 5.11. The van der Waals surface area contributed by atoms with Crippen LogP contribution >= 0.6 is 0 Å². The van der Waals surface area contributed by atoms with Crippen LogP contribution in [0.5, 0.6) is 5.75 Å². The van der Waals surface area contributed by atoms with Crippen molar-refractivity contribution in [3.63, 3.8) is 0 Å². The zero-order valence-corrected chi connectivity index (χ0v) is 11.8. The van der Waals surface area contributed by atoms with E-state index in [0.717, 1.165) is 4.90 Å². The van der Waals surface area contributed by atoms with Gasteiger partial charge in [-0.3, -0.25) is 9.59 Å². The summed E-state index contributed by atoms with van der Waals surface area (Å²) in [6, 6.07) is 4.86. The summed E-state index contributed by atoms with van der Waals surface area (Å²) in [5.41, 5.74) is 0.00655. The van der Waals surface area contributed by atoms with E-state index >= 15 is 0 Å². The normalized spacial score (nSPS) is 18.6. The molecule has 1 aliphatic heterocycles. The number of aromatic hydroxyl groups is 1. The molecule has 0 bridgehead atoms. The van der Waals surface area contributed by atoms with E-state index in [9.17, 15) is 27.9 Å². The van der Waals surface area contributed by atoms with Gasteiger partial charge in [-0.25, -0.2) is 0 Å². The molecule has 22 heavy (non-hydrogen) atoms. The van der Waals surface area contributed by atoms with Gasteiger partial charge in [0.1, 0.15) is 18.3 Å². The average molecular weight is 316 g/mol. The number of nitrogens with zero attached hydrogens (tertiary/aromatic N) is 2. The molecular formula is C14H15F3N2O3. The number of rotatable bonds is 3. The van der Waals surface area contributed by atoms with E-state index in [1.165, 1.54) is 25.2 Å². The molecule has 1 fully saturated rings. The lowest BCUT2D eigenvalue weighted by molar-refractivity contribution is -0.158. The minimum atomic E-state index is -4.47. The molecule has 1 aromatic rings. The fourth-order valence-corrected chi connectivity index (χ4v) is 2.44. The molecule has 120 valence electrons. The first-order valence-electron chi connectivity index (χ1n) is 6.61. The largest absolute Gasteiger partial charge is 0.507 e. The van der Waals surface area contributed by atoms with Gasteiger partial charge in [-0.15, -0.1) is 0 Å². The standard InChI is InChI=1S/C14H15F3N2O3/c1-18(12(21)9-4-2-3-5-11(9)20)10-6-7-19(13(10)22)8-14(15,16)17/h2-5,10,20H,6-8H2,1H3/t10-/m1/s1. The molecule has 0 aliphatic carbocycles. The molecule has 1 aliphatic rings. The first-order chi connectivity index (χ1) is 10.2. The summed E-state index contributed by atoms with van der Waals surface area (Å²) >= 11 is 0. The van der Waals surface area contributed by atoms with Crippen molar-refractivity contribution in [2.75, 3.05) is 20.1 Å². The van der Waals surface area contributed by atoms with E-state index in [-0.39, 0.29) is 24.3 Å². The summed E-state index contributed by atoms with van der Waals surface area (Å²) in [6.07, 6.45) is -4.34. The van der Waals surface area contributed by atoms with Crippen LogP contribution in [-0.2, 0) is 4.79 Å². The molecule has 1 aromatic carbocycles. The number of hydrogen-bond acceptors (Lipinski definition) is 3. The second kappa shape index (κ2) is 5.86. The fourth-order valence-electron chi connectivity index (χ4n) is 2.44. The smallest absolute Gasteiger partial charge is 0.406 e. The lowest BCUT2D eigenvalue weighted by Crippen LogP contribution is -2.44. The number of carbonyl (C=O) groups excluding carboxylic acids is 2. The quantitative estimate of drug-likeness (QED) is 0.922. The highest BCUT2D eigenvalue weighted by Crippen LogP contribution is 2.25. The zero-order valence-electron chi connectivity index (χ0n) is 11.8. The van der Waals surface area contributed by atoms with Crippen LogP contribution in [0.3, 0.4) is 0 Å². The van der Waals surface area contributed by atoms with Crippen molar-refractivity contribution in [2.24, 2.45) is 0 Å². The Bertz CT molecular complexity index is 589. The van der Waals surface area contributed by atoms with E-state index in [1.54, 1.807) is 6.07 Å². The van der Waals surface area contributed by atoms with E-state index < -0.39 is 30.6 Å². The Labute approximate surface area is 124 Å². The van der Waals surface area contributed by atoms with E-state index in [2.05, 4.69) is 0 Å². The van der Waals surface area contributed by atoms with Gasteiger partial charge < -0.3 is 14.9 Å². The molecule has 0 saturated carbocycles. The molecule has 1 saturated heterocycles. The van der Waals surface area contributed by atoms with Crippen LogP contribution in [0.1, 0.15) is 16.8 Å². The summed E-state index contributed by atoms with van der Waals surface area (Å²) in [5, 5.41) is 9.65. The Morgan fingerprint density at radius 1 is 1.41 bits per heavy atom. The number of phenols is 1. The van der Waals surface area contributed by atoms with Crippen molar-refractivity contribution in [2.45, 2.75) is 18.6 Å². The molecule has 2 rings (SSSR count). The lowest BCUT2D eigenvalue weighted by atomic mass is 10.1. The minimum Gasteiger partial charge on any atom is -0.507 e. The van der Waals surface area contributed by atoms with Gasteiger partial charge in [-0.05, 0) is 18.6 Å². The monoisotopic (exact) mass is 316 g/mol. The number of benzene rings is 1. The summed E-state index contributed by atoms with van der Waals surface area (Å²) in [4.78, 5) is 26.0. The van der Waals surface area contributed by atoms with Crippen LogP contribution in [0.25, 0.3) is 0 Å². The van der Waals surface area contributed by atoms with Crippen LogP contribution in [0.4, 0.5) is 13.2 Å². The third-order valence-corrected chi connectivity index (χ3v) is 3.56. The number of likely N-dealkylation sites (tertiary alicyclic amines) is 1. The molecule has 1 heterocycles. The highest BCUT2D eigenvalue weighted by atomic mass is 19.4. The molecule has 0 spiro atoms. The van der Waals surface area contributed by atoms with E-state index in [1.807, 2.05) is 0 Å². The third kappa shape index (κ3) is 3.32. The number of halogens is 3. The Balaban J connectivity index is 2.11. The van der Waals surface area contributed by atoms with Crippen molar-refractivity contribution in [3.05, 3.63) is 29.8 Å². The molecule has 0 radical (unpaired) electrons. The van der Waals surface area contributed by atoms with Gasteiger partial charge in [0.25, 0.3) is 5.91 Å². The maximum Gasteiger partial charge on any atom is 0.406 e. The first kappa shape index (κ1) is 16.1. The summed E-state index contributed by atoms with van der Waals surface area (Å²) in [6.45, 7) is -1.37. The Kier molecular flexibility index (Phi) is 4.30. The maximum absolute atomic E-state index is 12.4. The SMILES string of the molecule is CN(C(=O)c1ccccc1O)[C@@H]1CCN(CC(F)(F)F)C1=O. The van der Waals surface area contributed by atoms with Gasteiger partial charge in [-0.2, -0.15) is 13.2 Å². The predicted octanol–water partition coefficient (Wildman–Crippen LogP) is 1.63. The first-order valence-corrected chi connectivity index (χ1v) is 6.61. The van der Waals surface area contributed by atoms with Crippen molar-refractivity contribution in [3.8, 4) is 5.75 Å². The molecule has 0 aromatic heterocycles. The van der Waals surface area contributed by atoms with E-state index in [0.29, 0.717) is 4.90 Å². The summed E-state index contributed by atoms with van der Waals surface area (Å²) < 4.78 is 37.1. The lowest BCUT2D eigenvalue weighted by Gasteiger charge is -2.24. The second-order valence-electron chi connectivity index (χ2n) is 5.11. The number of carbonyl (C=O) groups is 2. The Hall–Kier alpha value is -2.25. The van der Waals surface area contributed by atoms with Crippen LogP contribution < -0.4 is 0 Å². The van der Waals surface area contributed by atoms with Gasteiger partial charge in [0.05, 0.1) is 5.56 Å². The van der Waals surface area contributed by atoms with Crippen LogP contribution in [0, 0.1) is 0 Å². The van der Waals surface area contributed by atoms with Gasteiger partial charge in [0.15, 0.2) is 0 Å². The maximum atomic E-state index is 12.4. The number of phenolic OH excluding ortho intramolecular Hbond substituents is 1. The van der Waals surface area contributed by atoms with Crippen LogP contribution in [-0.4, -0.2) is 59.1 Å². The van der Waals surface area contributed by atoms with E-state index in [4.69, 9.17) is 0 Å². The number of hydrogen-bond donors (Lipinski definition) is 1. The highest BCUT2D eigenvalue weighted by Gasteiger charge is 2.42. The molecule has 5 nitrogen and oxygen atoms in total. The average Bonchev–Trinajstić information content (AvgIpc) is 2.77. The number of likely N-dealkylation sites (N-methyl/N-ethyl adjacent to an activating group) is 1. The number of alkyl halides is 3. The molecule has 8 heteroatoms. The topological polar surface area (TPSA) is 60.9 Å². The van der Waals surface area contributed by atoms with Crippen molar-refractivity contribution in [1.82, 2.24) is 9.80 Å². The van der Waals surface area contributed by atoms with Crippen molar-refractivity contribution < 1.29 is 27.9 Å². The molecule has 1 N–H and O–H groups in total. The summed E-state index contributed by atoms with van der Waals surface area (Å²) in [7, 11) is 1.34. The Morgan fingerprint density at radius 3 is 2.64 bits per heavy atom. The molecule has 1 atom stereocenters. The molecular weight excluding hydrogens is 301 g/mol. The van der Waals surface area contributed by atoms with Gasteiger partial charge in [-0.1, -0.05) is 12.1 Å². The highest BCUT2D eigenvalue weighted by molar-refractivity contribution is 5.99.